The van der Waals surface area contributed by atoms with Crippen LogP contribution in [-0.4, -0.2) is 164 Å². The number of fused-ring (bicyclic) bond motifs is 6. The second-order valence-corrected chi connectivity index (χ2v) is 24.7. The molecule has 7 aliphatic rings. The number of H-pyrrole nitrogens is 1. The van der Waals surface area contributed by atoms with Gasteiger partial charge in [-0.1, -0.05) is 101 Å². The van der Waals surface area contributed by atoms with Crippen molar-refractivity contribution in [2.45, 2.75) is 139 Å². The molecular weight excluding hydrogens is 1060 g/mol. The van der Waals surface area contributed by atoms with Gasteiger partial charge in [0.2, 0.25) is 11.5 Å². The average molecular weight is 1140 g/mol. The number of hydrogen-bond acceptors (Lipinski definition) is 14. The largest absolute Gasteiger partial charge is 0.496 e. The van der Waals surface area contributed by atoms with Gasteiger partial charge in [0.05, 0.1) is 33.9 Å². The summed E-state index contributed by atoms with van der Waals surface area (Å²) in [6, 6.07) is 18.3. The maximum absolute atomic E-state index is 15.9. The lowest BCUT2D eigenvalue weighted by atomic mass is 9.47. The topological polar surface area (TPSA) is 206 Å². The Labute approximate surface area is 486 Å². The first-order valence-corrected chi connectivity index (χ1v) is 29.7. The second kappa shape index (κ2) is 21.9. The molecule has 0 unspecified atom stereocenters. The number of para-hydroxylation sites is 1. The van der Waals surface area contributed by atoms with E-state index < -0.39 is 70.0 Å². The van der Waals surface area contributed by atoms with E-state index in [4.69, 9.17) is 23.7 Å². The molecule has 12 atom stereocenters. The Kier molecular flexibility index (Phi) is 15.2. The number of likely N-dealkylation sites (tertiary alicyclic amines) is 1. The van der Waals surface area contributed by atoms with Gasteiger partial charge in [0, 0.05) is 89.3 Å². The minimum absolute atomic E-state index is 0.0747. The van der Waals surface area contributed by atoms with Crippen molar-refractivity contribution < 1.29 is 62.0 Å². The standard InChI is InChI=1S/C65H80N6O12/c1-10-39(4)53(56(75)82-38-42-20-14-13-15-21-42)67-55(74)49-24-18-28-70(49)52(73)37-71-34-41(11-2)30-43(35-71)33-64(60(76)80-8,54-45(36-71)44-22-16-17-23-48(44)66-54)47-31-46-50(32-51(47)79-7)68(6)58-63(46)26-29-69-27-19-25-62(12-3,57(63)69)59(83-40(5)72)65(58,78)61(77)81-9/h13-17,19-23,25,30-32,39,43,49,53,57-59,66,78H,10-12,18,24,26-29,33-38H2,1-9H3/p+1/t39-,43+,49-,53-,57-,58+,59+,62+,63+,64-,65-,71-/m0/s1. The number of aromatic nitrogens is 1. The Morgan fingerprint density at radius 2 is 1.66 bits per heavy atom. The van der Waals surface area contributed by atoms with Gasteiger partial charge < -0.3 is 53.4 Å². The summed E-state index contributed by atoms with van der Waals surface area (Å²) in [7, 11) is 6.08. The lowest BCUT2D eigenvalue weighted by Gasteiger charge is -2.63. The van der Waals surface area contributed by atoms with E-state index in [9.17, 15) is 24.3 Å². The van der Waals surface area contributed by atoms with E-state index in [0.717, 1.165) is 33.2 Å². The normalized spacial score (nSPS) is 31.0. The van der Waals surface area contributed by atoms with Crippen LogP contribution in [0.15, 0.2) is 90.5 Å². The molecule has 6 aliphatic heterocycles. The van der Waals surface area contributed by atoms with Crippen LogP contribution in [0, 0.1) is 17.3 Å². The van der Waals surface area contributed by atoms with Crippen LogP contribution in [0.3, 0.4) is 0 Å². The highest BCUT2D eigenvalue weighted by Gasteiger charge is 2.80. The molecule has 11 rings (SSSR count). The van der Waals surface area contributed by atoms with Gasteiger partial charge in [-0.25, -0.2) is 9.59 Å². The van der Waals surface area contributed by atoms with E-state index in [1.807, 2.05) is 106 Å². The number of ether oxygens (including phenoxy) is 5. The lowest BCUT2D eigenvalue weighted by Crippen LogP contribution is -2.81. The SMILES string of the molecule is CCC1=C[C@@H]2C[C@](C(=O)OC)(c3cc4c(cc3OC)N(C)[C@H]3[C@@](O)(C(=O)OC)[C@H](OC(C)=O)[C@]5(CC)C=CCN6CC[C@]43[C@@H]65)c3[nH]c4ccccc4c3C[N@+](CC(=O)N3CCC[C@H]3C(=O)N[C@H](C(=O)OCc3ccccc3)[C@@H](C)CC)(C1)C2. The van der Waals surface area contributed by atoms with Crippen LogP contribution >= 0.6 is 0 Å². The third-order valence-electron chi connectivity index (χ3n) is 20.4. The Balaban J connectivity index is 1.02. The zero-order valence-corrected chi connectivity index (χ0v) is 49.5. The number of rotatable bonds is 16. The highest BCUT2D eigenvalue weighted by Crippen LogP contribution is 2.68. The molecule has 1 aromatic heterocycles. The van der Waals surface area contributed by atoms with Gasteiger partial charge in [-0.3, -0.25) is 24.1 Å². The summed E-state index contributed by atoms with van der Waals surface area (Å²) in [6.07, 6.45) is 8.56. The molecule has 442 valence electrons. The van der Waals surface area contributed by atoms with Crippen molar-refractivity contribution in [3.8, 4) is 5.75 Å². The monoisotopic (exact) mass is 1140 g/mol. The Hall–Kier alpha value is -7.02. The van der Waals surface area contributed by atoms with E-state index in [2.05, 4.69) is 34.3 Å². The molecule has 4 aromatic rings. The first-order valence-electron chi connectivity index (χ1n) is 29.7. The van der Waals surface area contributed by atoms with Crippen molar-refractivity contribution in [2.24, 2.45) is 17.3 Å². The molecule has 2 bridgehead atoms. The van der Waals surface area contributed by atoms with Crippen molar-refractivity contribution in [3.63, 3.8) is 0 Å². The van der Waals surface area contributed by atoms with Crippen molar-refractivity contribution in [2.75, 3.05) is 72.5 Å². The first kappa shape index (κ1) is 57.8. The van der Waals surface area contributed by atoms with E-state index in [1.165, 1.54) is 21.1 Å². The van der Waals surface area contributed by atoms with Gasteiger partial charge in [-0.2, -0.15) is 0 Å². The number of carbonyl (C=O) groups excluding carboxylic acids is 6. The highest BCUT2D eigenvalue weighted by molar-refractivity contribution is 5.95. The lowest BCUT2D eigenvalue weighted by molar-refractivity contribution is -0.934. The quantitative estimate of drug-likeness (QED) is 0.0472. The van der Waals surface area contributed by atoms with Crippen molar-refractivity contribution in [3.05, 3.63) is 118 Å². The molecule has 3 N–H and O–H groups in total. The van der Waals surface area contributed by atoms with Crippen LogP contribution in [0.1, 0.15) is 108 Å². The summed E-state index contributed by atoms with van der Waals surface area (Å²) in [6.45, 7) is 12.4. The molecule has 18 heteroatoms. The third kappa shape index (κ3) is 8.89. The number of likely N-dealkylation sites (N-methyl/N-ethyl adjacent to an activating group) is 1. The molecule has 7 heterocycles. The van der Waals surface area contributed by atoms with Crippen molar-refractivity contribution in [1.82, 2.24) is 20.1 Å². The van der Waals surface area contributed by atoms with E-state index in [1.54, 1.807) is 12.0 Å². The molecule has 1 aliphatic carbocycles. The number of anilines is 1. The molecule has 2 amide bonds. The number of nitrogens with zero attached hydrogens (tertiary/aromatic N) is 4. The summed E-state index contributed by atoms with van der Waals surface area (Å²) >= 11 is 0. The first-order chi connectivity index (χ1) is 39.8. The summed E-state index contributed by atoms with van der Waals surface area (Å²) < 4.78 is 30.4. The van der Waals surface area contributed by atoms with Crippen LogP contribution in [0.2, 0.25) is 0 Å². The third-order valence-corrected chi connectivity index (χ3v) is 20.4. The van der Waals surface area contributed by atoms with Gasteiger partial charge in [0.15, 0.2) is 12.6 Å². The highest BCUT2D eigenvalue weighted by atomic mass is 16.6. The number of amides is 2. The number of hydrogen-bond donors (Lipinski definition) is 3. The molecule has 18 nitrogen and oxygen atoms in total. The summed E-state index contributed by atoms with van der Waals surface area (Å²) in [5.41, 5.74) is 0.317. The molecule has 1 saturated carbocycles. The van der Waals surface area contributed by atoms with Gasteiger partial charge in [0.1, 0.15) is 42.9 Å². The maximum Gasteiger partial charge on any atom is 0.344 e. The minimum atomic E-state index is -2.37. The molecule has 3 fully saturated rings. The smallest absolute Gasteiger partial charge is 0.344 e. The number of methoxy groups -OCH3 is 3. The van der Waals surface area contributed by atoms with Gasteiger partial charge >= 0.3 is 23.9 Å². The van der Waals surface area contributed by atoms with Crippen LogP contribution < -0.4 is 15.0 Å². The molecule has 83 heavy (non-hydrogen) atoms. The maximum atomic E-state index is 15.9. The molecular formula is C65H81N6O12+. The van der Waals surface area contributed by atoms with Crippen molar-refractivity contribution >= 4 is 52.3 Å². The van der Waals surface area contributed by atoms with Gasteiger partial charge in [-0.05, 0) is 79.8 Å². The zero-order valence-electron chi connectivity index (χ0n) is 49.5. The van der Waals surface area contributed by atoms with E-state index in [0.29, 0.717) is 105 Å². The molecule has 1 spiro atoms. The average Bonchev–Trinajstić information content (AvgIpc) is 1.57. The number of aromatic amines is 1. The Bertz CT molecular complexity index is 3310. The van der Waals surface area contributed by atoms with Crippen molar-refractivity contribution in [1.29, 1.82) is 0 Å². The number of aliphatic hydroxyl groups is 1. The van der Waals surface area contributed by atoms with Crippen LogP contribution in [0.5, 0.6) is 5.75 Å². The number of benzene rings is 3. The van der Waals surface area contributed by atoms with Crippen LogP contribution in [0.25, 0.3) is 10.9 Å². The summed E-state index contributed by atoms with van der Waals surface area (Å²) in [4.78, 5) is 97.1. The zero-order chi connectivity index (χ0) is 59.0. The Morgan fingerprint density at radius 1 is 0.916 bits per heavy atom. The Morgan fingerprint density at radius 3 is 2.36 bits per heavy atom. The number of nitrogens with one attached hydrogen (secondary N) is 2. The number of carbonyl (C=O) groups is 6. The number of quaternary nitrogens is 1. The van der Waals surface area contributed by atoms with Gasteiger partial charge in [0.25, 0.3) is 5.91 Å². The van der Waals surface area contributed by atoms with Gasteiger partial charge in [-0.15, -0.1) is 0 Å². The predicted molar refractivity (Wildman–Crippen MR) is 310 cm³/mol. The van der Waals surface area contributed by atoms with E-state index >= 15 is 9.59 Å². The van der Waals surface area contributed by atoms with Crippen LogP contribution in [0.4, 0.5) is 5.69 Å². The van der Waals surface area contributed by atoms with E-state index in [-0.39, 0.29) is 49.3 Å². The fraction of sp³-hybridized carbons (Fsp3) is 0.538. The molecule has 2 saturated heterocycles. The summed E-state index contributed by atoms with van der Waals surface area (Å²) in [5.74, 6) is -3.24. The van der Waals surface area contributed by atoms with Crippen LogP contribution in [-0.2, 0) is 71.7 Å². The fourth-order valence-electron chi connectivity index (χ4n) is 16.9. The predicted octanol–water partition coefficient (Wildman–Crippen LogP) is 6.53. The fourth-order valence-corrected chi connectivity index (χ4v) is 16.9. The molecule has 0 radical (unpaired) electrons. The summed E-state index contributed by atoms with van der Waals surface area (Å²) in [5, 5.41) is 17.5. The second-order valence-electron chi connectivity index (χ2n) is 24.7. The number of esters is 4. The molecule has 3 aromatic carbocycles. The minimum Gasteiger partial charge on any atom is -0.496 e.